The summed E-state index contributed by atoms with van der Waals surface area (Å²) in [6.45, 7) is 7.43. The van der Waals surface area contributed by atoms with Crippen LogP contribution < -0.4 is 5.32 Å². The molecule has 1 aliphatic rings. The Morgan fingerprint density at radius 3 is 2.89 bits per heavy atom. The zero-order valence-corrected chi connectivity index (χ0v) is 12.6. The average Bonchev–Trinajstić information content (AvgIpc) is 2.97. The van der Waals surface area contributed by atoms with Crippen LogP contribution in [0.1, 0.15) is 25.1 Å². The summed E-state index contributed by atoms with van der Waals surface area (Å²) >= 11 is 1.72. The molecule has 1 amide bonds. The van der Waals surface area contributed by atoms with E-state index >= 15 is 0 Å². The number of thiophene rings is 1. The van der Waals surface area contributed by atoms with Crippen LogP contribution in [-0.4, -0.2) is 30.4 Å². The van der Waals surface area contributed by atoms with Gasteiger partial charge < -0.3 is 10.2 Å². The minimum atomic E-state index is -0.201. The Balaban J connectivity index is 0.00000162. The normalized spacial score (nSPS) is 22.6. The molecule has 3 nitrogen and oxygen atoms in total. The summed E-state index contributed by atoms with van der Waals surface area (Å²) in [6, 6.07) is 4.13. The predicted octanol–water partition coefficient (Wildman–Crippen LogP) is 2.52. The predicted molar refractivity (Wildman–Crippen MR) is 78.3 cm³/mol. The fourth-order valence-corrected chi connectivity index (χ4v) is 3.02. The molecule has 1 saturated heterocycles. The van der Waals surface area contributed by atoms with E-state index in [1.807, 2.05) is 11.0 Å². The van der Waals surface area contributed by atoms with Crippen molar-refractivity contribution in [2.45, 2.75) is 26.8 Å². The molecule has 0 radical (unpaired) electrons. The van der Waals surface area contributed by atoms with Crippen LogP contribution in [0.3, 0.4) is 0 Å². The molecule has 1 aromatic heterocycles. The van der Waals surface area contributed by atoms with Gasteiger partial charge in [-0.25, -0.2) is 0 Å². The Morgan fingerprint density at radius 2 is 2.39 bits per heavy atom. The zero-order valence-electron chi connectivity index (χ0n) is 10.9. The first-order valence-electron chi connectivity index (χ1n) is 6.18. The summed E-state index contributed by atoms with van der Waals surface area (Å²) in [7, 11) is 0. The Kier molecular flexibility index (Phi) is 5.63. The number of halogens is 1. The van der Waals surface area contributed by atoms with Crippen LogP contribution in [0.4, 0.5) is 0 Å². The standard InChI is InChI=1S/C13H20N2OS.ClH/c1-3-15(9-11-5-4-8-17-11)12(16)13(2)6-7-14-10-13;/h4-5,8,14H,3,6-7,9-10H2,1-2H3;1H. The SMILES string of the molecule is CCN(Cc1cccs1)C(=O)C1(C)CCNC1.Cl. The minimum Gasteiger partial charge on any atom is -0.337 e. The van der Waals surface area contributed by atoms with Gasteiger partial charge in [0.25, 0.3) is 0 Å². The number of nitrogens with one attached hydrogen (secondary N) is 1. The van der Waals surface area contributed by atoms with Gasteiger partial charge in [-0.05, 0) is 38.3 Å². The molecule has 2 heterocycles. The number of carbonyl (C=O) groups is 1. The maximum atomic E-state index is 12.5. The third-order valence-electron chi connectivity index (χ3n) is 3.48. The highest BCUT2D eigenvalue weighted by Crippen LogP contribution is 2.28. The number of amides is 1. The van der Waals surface area contributed by atoms with Crippen molar-refractivity contribution in [1.82, 2.24) is 10.2 Å². The molecule has 1 aromatic rings. The molecular formula is C13H21ClN2OS. The van der Waals surface area contributed by atoms with Crippen molar-refractivity contribution in [1.29, 1.82) is 0 Å². The second-order valence-electron chi connectivity index (χ2n) is 4.89. The van der Waals surface area contributed by atoms with Gasteiger partial charge in [-0.1, -0.05) is 6.07 Å². The van der Waals surface area contributed by atoms with Gasteiger partial charge in [0.1, 0.15) is 0 Å². The first kappa shape index (κ1) is 15.5. The van der Waals surface area contributed by atoms with Crippen molar-refractivity contribution in [3.05, 3.63) is 22.4 Å². The second kappa shape index (κ2) is 6.55. The van der Waals surface area contributed by atoms with Gasteiger partial charge in [-0.2, -0.15) is 0 Å². The monoisotopic (exact) mass is 288 g/mol. The third kappa shape index (κ3) is 3.25. The number of carbonyl (C=O) groups excluding carboxylic acids is 1. The summed E-state index contributed by atoms with van der Waals surface area (Å²) in [5, 5.41) is 5.35. The lowest BCUT2D eigenvalue weighted by atomic mass is 9.88. The van der Waals surface area contributed by atoms with Crippen molar-refractivity contribution in [2.75, 3.05) is 19.6 Å². The summed E-state index contributed by atoms with van der Waals surface area (Å²) in [5.41, 5.74) is -0.201. The van der Waals surface area contributed by atoms with E-state index in [4.69, 9.17) is 0 Å². The molecule has 0 bridgehead atoms. The second-order valence-corrected chi connectivity index (χ2v) is 5.92. The summed E-state index contributed by atoms with van der Waals surface area (Å²) < 4.78 is 0. The largest absolute Gasteiger partial charge is 0.337 e. The van der Waals surface area contributed by atoms with Crippen LogP contribution in [0.25, 0.3) is 0 Å². The first-order chi connectivity index (χ1) is 8.15. The first-order valence-corrected chi connectivity index (χ1v) is 7.06. The molecule has 0 aliphatic carbocycles. The van der Waals surface area contributed by atoms with E-state index in [9.17, 15) is 4.79 Å². The molecule has 1 aliphatic heterocycles. The molecule has 0 aromatic carbocycles. The minimum absolute atomic E-state index is 0. The highest BCUT2D eigenvalue weighted by atomic mass is 35.5. The van der Waals surface area contributed by atoms with E-state index in [2.05, 4.69) is 30.6 Å². The number of hydrogen-bond donors (Lipinski definition) is 1. The quantitative estimate of drug-likeness (QED) is 0.923. The molecule has 1 N–H and O–H groups in total. The highest BCUT2D eigenvalue weighted by molar-refractivity contribution is 7.09. The van der Waals surface area contributed by atoms with Crippen LogP contribution in [0, 0.1) is 5.41 Å². The van der Waals surface area contributed by atoms with Crippen LogP contribution in [0.5, 0.6) is 0 Å². The molecule has 18 heavy (non-hydrogen) atoms. The van der Waals surface area contributed by atoms with E-state index < -0.39 is 0 Å². The van der Waals surface area contributed by atoms with E-state index in [1.54, 1.807) is 11.3 Å². The van der Waals surface area contributed by atoms with Crippen molar-refractivity contribution in [3.8, 4) is 0 Å². The van der Waals surface area contributed by atoms with Crippen molar-refractivity contribution < 1.29 is 4.79 Å². The number of hydrogen-bond acceptors (Lipinski definition) is 3. The fraction of sp³-hybridized carbons (Fsp3) is 0.615. The summed E-state index contributed by atoms with van der Waals surface area (Å²) in [4.78, 5) is 15.7. The van der Waals surface area contributed by atoms with E-state index in [0.29, 0.717) is 5.91 Å². The molecule has 1 unspecified atom stereocenters. The van der Waals surface area contributed by atoms with Crippen LogP contribution in [0.15, 0.2) is 17.5 Å². The van der Waals surface area contributed by atoms with Crippen molar-refractivity contribution in [3.63, 3.8) is 0 Å². The van der Waals surface area contributed by atoms with Crippen LogP contribution >= 0.6 is 23.7 Å². The molecule has 0 saturated carbocycles. The number of rotatable bonds is 4. The molecule has 1 fully saturated rings. The highest BCUT2D eigenvalue weighted by Gasteiger charge is 2.38. The Morgan fingerprint density at radius 1 is 1.61 bits per heavy atom. The molecule has 2 rings (SSSR count). The summed E-state index contributed by atoms with van der Waals surface area (Å²) in [5.74, 6) is 0.290. The fourth-order valence-electron chi connectivity index (χ4n) is 2.30. The van der Waals surface area contributed by atoms with E-state index in [1.165, 1.54) is 4.88 Å². The van der Waals surface area contributed by atoms with Gasteiger partial charge in [0.05, 0.1) is 12.0 Å². The van der Waals surface area contributed by atoms with Crippen molar-refractivity contribution in [2.24, 2.45) is 5.41 Å². The maximum absolute atomic E-state index is 12.5. The molecule has 5 heteroatoms. The Bertz CT molecular complexity index is 374. The van der Waals surface area contributed by atoms with Crippen molar-refractivity contribution >= 4 is 29.7 Å². The van der Waals surface area contributed by atoms with Gasteiger partial charge in [0.2, 0.25) is 5.91 Å². The third-order valence-corrected chi connectivity index (χ3v) is 4.34. The van der Waals surface area contributed by atoms with E-state index in [0.717, 1.165) is 32.6 Å². The molecule has 0 spiro atoms. The van der Waals surface area contributed by atoms with Gasteiger partial charge >= 0.3 is 0 Å². The van der Waals surface area contributed by atoms with Gasteiger partial charge in [-0.3, -0.25) is 4.79 Å². The van der Waals surface area contributed by atoms with E-state index in [-0.39, 0.29) is 17.8 Å². The molecule has 102 valence electrons. The number of nitrogens with zero attached hydrogens (tertiary/aromatic N) is 1. The Hall–Kier alpha value is -0.580. The Labute approximate surface area is 119 Å². The molecule has 1 atom stereocenters. The maximum Gasteiger partial charge on any atom is 0.230 e. The van der Waals surface area contributed by atoms with Gasteiger partial charge in [0, 0.05) is 18.0 Å². The van der Waals surface area contributed by atoms with Crippen LogP contribution in [0.2, 0.25) is 0 Å². The summed E-state index contributed by atoms with van der Waals surface area (Å²) in [6.07, 6.45) is 0.951. The topological polar surface area (TPSA) is 32.3 Å². The average molecular weight is 289 g/mol. The molecular weight excluding hydrogens is 268 g/mol. The zero-order chi connectivity index (χ0) is 12.3. The van der Waals surface area contributed by atoms with Gasteiger partial charge in [0.15, 0.2) is 0 Å². The lowest BCUT2D eigenvalue weighted by Gasteiger charge is -2.30. The lowest BCUT2D eigenvalue weighted by Crippen LogP contribution is -2.43. The van der Waals surface area contributed by atoms with Gasteiger partial charge in [-0.15, -0.1) is 23.7 Å². The smallest absolute Gasteiger partial charge is 0.230 e. The lowest BCUT2D eigenvalue weighted by molar-refractivity contribution is -0.140. The van der Waals surface area contributed by atoms with Crippen LogP contribution in [-0.2, 0) is 11.3 Å².